The van der Waals surface area contributed by atoms with Crippen LogP contribution in [-0.4, -0.2) is 25.5 Å². The zero-order chi connectivity index (χ0) is 21.2. The molecule has 0 radical (unpaired) electrons. The monoisotopic (exact) mass is 424 g/mol. The molecule has 0 saturated carbocycles. The molecule has 5 nitrogen and oxygen atoms in total. The molecule has 0 spiro atoms. The first-order valence-corrected chi connectivity index (χ1v) is 13.0. The normalized spacial score (nSPS) is 11.9. The van der Waals surface area contributed by atoms with Crippen LogP contribution in [0.2, 0.25) is 0 Å². The Balaban J connectivity index is 1.96. The van der Waals surface area contributed by atoms with Gasteiger partial charge >= 0.3 is 0 Å². The van der Waals surface area contributed by atoms with Gasteiger partial charge in [-0.25, -0.2) is 13.2 Å². The highest BCUT2D eigenvalue weighted by molar-refractivity contribution is 7.89. The molecule has 29 heavy (non-hydrogen) atoms. The van der Waals surface area contributed by atoms with E-state index in [0.29, 0.717) is 12.0 Å². The quantitative estimate of drug-likeness (QED) is 0.169. The average Bonchev–Trinajstić information content (AvgIpc) is 2.69. The lowest BCUT2D eigenvalue weighted by Crippen LogP contribution is -2.21. The van der Waals surface area contributed by atoms with Crippen LogP contribution in [0.25, 0.3) is 0 Å². The highest BCUT2D eigenvalue weighted by Crippen LogP contribution is 2.14. The molecule has 0 saturated heterocycles. The van der Waals surface area contributed by atoms with Crippen molar-refractivity contribution in [1.29, 1.82) is 0 Å². The molecule has 0 bridgehead atoms. The molecule has 166 valence electrons. The van der Waals surface area contributed by atoms with Crippen LogP contribution >= 0.6 is 0 Å². The van der Waals surface area contributed by atoms with Gasteiger partial charge in [-0.3, -0.25) is 0 Å². The van der Waals surface area contributed by atoms with Crippen LogP contribution in [0, 0.1) is 0 Å². The van der Waals surface area contributed by atoms with Crippen LogP contribution in [0.4, 0.5) is 0 Å². The second-order valence-corrected chi connectivity index (χ2v) is 9.64. The van der Waals surface area contributed by atoms with Gasteiger partial charge in [-0.05, 0) is 18.6 Å². The van der Waals surface area contributed by atoms with Crippen LogP contribution < -0.4 is 4.83 Å². The smallest absolute Gasteiger partial charge is 0.247 e. The summed E-state index contributed by atoms with van der Waals surface area (Å²) in [4.78, 5) is 2.21. The summed E-state index contributed by atoms with van der Waals surface area (Å²) < 4.78 is 23.9. The van der Waals surface area contributed by atoms with Crippen molar-refractivity contribution in [3.8, 4) is 5.75 Å². The molecule has 0 aliphatic heterocycles. The number of benzene rings is 1. The number of nitrogens with one attached hydrogen (secondary N) is 1. The Bertz CT molecular complexity index is 660. The molecule has 1 aromatic carbocycles. The van der Waals surface area contributed by atoms with Crippen molar-refractivity contribution >= 4 is 16.2 Å². The average molecular weight is 425 g/mol. The summed E-state index contributed by atoms with van der Waals surface area (Å²) in [6.07, 6.45) is 18.7. The molecule has 0 amide bonds. The van der Waals surface area contributed by atoms with Crippen LogP contribution in [0.1, 0.15) is 102 Å². The van der Waals surface area contributed by atoms with Crippen LogP contribution in [0.5, 0.6) is 5.75 Å². The fourth-order valence-electron chi connectivity index (χ4n) is 3.31. The topological polar surface area (TPSA) is 78.8 Å². The van der Waals surface area contributed by atoms with E-state index in [2.05, 4.69) is 16.9 Å². The standard InChI is InChI=1S/C23H40N2O3S/c1-2-3-4-5-6-7-8-9-10-11-12-13-14-17-20-29(27,28)25-24-21-22-18-15-16-19-23(22)26/h15-16,18-19,21,25-26H,2-14,17,20H2,1H3. The van der Waals surface area contributed by atoms with Crippen molar-refractivity contribution in [2.75, 3.05) is 5.75 Å². The number of sulfonamides is 1. The third kappa shape index (κ3) is 14.1. The number of hydrogen-bond donors (Lipinski definition) is 2. The lowest BCUT2D eigenvalue weighted by atomic mass is 10.0. The largest absolute Gasteiger partial charge is 0.507 e. The Morgan fingerprint density at radius 1 is 0.828 bits per heavy atom. The minimum absolute atomic E-state index is 0.0717. The van der Waals surface area contributed by atoms with Gasteiger partial charge in [-0.15, -0.1) is 0 Å². The number of phenolic OH excluding ortho intramolecular Hbond substituents is 1. The maximum Gasteiger partial charge on any atom is 0.247 e. The van der Waals surface area contributed by atoms with Gasteiger partial charge in [0.25, 0.3) is 0 Å². The maximum absolute atomic E-state index is 11.9. The lowest BCUT2D eigenvalue weighted by molar-refractivity contribution is 0.474. The van der Waals surface area contributed by atoms with E-state index in [0.717, 1.165) is 12.8 Å². The maximum atomic E-state index is 11.9. The van der Waals surface area contributed by atoms with Crippen molar-refractivity contribution in [3.63, 3.8) is 0 Å². The third-order valence-corrected chi connectivity index (χ3v) is 6.31. The third-order valence-electron chi connectivity index (χ3n) is 5.10. The Morgan fingerprint density at radius 2 is 1.31 bits per heavy atom. The summed E-state index contributed by atoms with van der Waals surface area (Å²) in [5.74, 6) is 0.158. The molecule has 0 aliphatic rings. The molecule has 0 atom stereocenters. The molecule has 0 fully saturated rings. The van der Waals surface area contributed by atoms with Gasteiger partial charge in [0, 0.05) is 5.56 Å². The predicted octanol–water partition coefficient (Wildman–Crippen LogP) is 6.13. The number of hydrogen-bond acceptors (Lipinski definition) is 4. The molecular formula is C23H40N2O3S. The lowest BCUT2D eigenvalue weighted by Gasteiger charge is -2.04. The zero-order valence-electron chi connectivity index (χ0n) is 18.1. The summed E-state index contributed by atoms with van der Waals surface area (Å²) in [5.41, 5.74) is 0.478. The first kappa shape index (κ1) is 25.5. The summed E-state index contributed by atoms with van der Waals surface area (Å²) >= 11 is 0. The predicted molar refractivity (Wildman–Crippen MR) is 123 cm³/mol. The molecular weight excluding hydrogens is 384 g/mol. The molecule has 6 heteroatoms. The second-order valence-electron chi connectivity index (χ2n) is 7.82. The first-order valence-electron chi connectivity index (χ1n) is 11.4. The molecule has 0 heterocycles. The Labute approximate surface area is 178 Å². The SMILES string of the molecule is CCCCCCCCCCCCCCCCS(=O)(=O)NN=Cc1ccccc1O. The fraction of sp³-hybridized carbons (Fsp3) is 0.696. The van der Waals surface area contributed by atoms with Gasteiger partial charge < -0.3 is 5.11 Å². The van der Waals surface area contributed by atoms with Crippen LogP contribution in [0.15, 0.2) is 29.4 Å². The van der Waals surface area contributed by atoms with E-state index in [1.807, 2.05) is 0 Å². The number of unbranched alkanes of at least 4 members (excludes halogenated alkanes) is 13. The molecule has 0 aromatic heterocycles. The van der Waals surface area contributed by atoms with E-state index in [9.17, 15) is 13.5 Å². The summed E-state index contributed by atoms with van der Waals surface area (Å²) in [6, 6.07) is 6.65. The minimum Gasteiger partial charge on any atom is -0.507 e. The van der Waals surface area contributed by atoms with Gasteiger partial charge in [0.15, 0.2) is 0 Å². The van der Waals surface area contributed by atoms with Gasteiger partial charge in [-0.1, -0.05) is 103 Å². The fourth-order valence-corrected chi connectivity index (χ4v) is 4.19. The number of phenols is 1. The number of nitrogens with zero attached hydrogens (tertiary/aromatic N) is 1. The van der Waals surface area contributed by atoms with E-state index in [1.54, 1.807) is 18.2 Å². The summed E-state index contributed by atoms with van der Waals surface area (Å²) in [5, 5.41) is 13.4. The van der Waals surface area contributed by atoms with Crippen LogP contribution in [-0.2, 0) is 10.0 Å². The van der Waals surface area contributed by atoms with Gasteiger partial charge in [0.2, 0.25) is 10.0 Å². The van der Waals surface area contributed by atoms with Gasteiger partial charge in [0.05, 0.1) is 12.0 Å². The van der Waals surface area contributed by atoms with Crippen molar-refractivity contribution in [1.82, 2.24) is 4.83 Å². The molecule has 1 rings (SSSR count). The molecule has 0 unspecified atom stereocenters. The molecule has 0 aliphatic carbocycles. The van der Waals surface area contributed by atoms with Crippen molar-refractivity contribution in [2.24, 2.45) is 5.10 Å². The first-order chi connectivity index (χ1) is 14.0. The number of para-hydroxylation sites is 1. The molecule has 1 aromatic rings. The highest BCUT2D eigenvalue weighted by Gasteiger charge is 2.07. The van der Waals surface area contributed by atoms with E-state index in [1.165, 1.54) is 82.9 Å². The minimum atomic E-state index is -3.41. The Hall–Kier alpha value is -1.56. The number of aromatic hydroxyl groups is 1. The Kier molecular flexibility index (Phi) is 14.3. The number of hydrazone groups is 1. The van der Waals surface area contributed by atoms with Crippen molar-refractivity contribution < 1.29 is 13.5 Å². The van der Waals surface area contributed by atoms with E-state index in [4.69, 9.17) is 0 Å². The number of rotatable bonds is 18. The van der Waals surface area contributed by atoms with Gasteiger partial charge in [-0.2, -0.15) is 5.10 Å². The van der Waals surface area contributed by atoms with Crippen LogP contribution in [0.3, 0.4) is 0 Å². The van der Waals surface area contributed by atoms with E-state index < -0.39 is 10.0 Å². The zero-order valence-corrected chi connectivity index (χ0v) is 18.9. The second kappa shape index (κ2) is 16.3. The van der Waals surface area contributed by atoms with Crippen molar-refractivity contribution in [3.05, 3.63) is 29.8 Å². The molecule has 2 N–H and O–H groups in total. The van der Waals surface area contributed by atoms with E-state index >= 15 is 0 Å². The summed E-state index contributed by atoms with van der Waals surface area (Å²) in [6.45, 7) is 2.25. The summed E-state index contributed by atoms with van der Waals surface area (Å²) in [7, 11) is -3.41. The highest BCUT2D eigenvalue weighted by atomic mass is 32.2. The van der Waals surface area contributed by atoms with Crippen molar-refractivity contribution in [2.45, 2.75) is 96.8 Å². The van der Waals surface area contributed by atoms with Gasteiger partial charge in [0.1, 0.15) is 5.75 Å². The van der Waals surface area contributed by atoms with E-state index in [-0.39, 0.29) is 11.5 Å². The Morgan fingerprint density at radius 3 is 1.83 bits per heavy atom.